The van der Waals surface area contributed by atoms with Crippen LogP contribution in [-0.2, 0) is 0 Å². The molecule has 1 amide bonds. The van der Waals surface area contributed by atoms with Crippen molar-refractivity contribution < 1.29 is 4.79 Å². The molecule has 0 bridgehead atoms. The van der Waals surface area contributed by atoms with E-state index >= 15 is 0 Å². The smallest absolute Gasteiger partial charge is 0.289 e. The topological polar surface area (TPSA) is 57.6 Å². The van der Waals surface area contributed by atoms with Crippen LogP contribution in [-0.4, -0.2) is 29.7 Å². The molecule has 0 saturated carbocycles. The molecular weight excluding hydrogens is 324 g/mol. The molecule has 136 valence electrons. The number of aromatic nitrogens is 1. The summed E-state index contributed by atoms with van der Waals surface area (Å²) >= 11 is 0. The Morgan fingerprint density at radius 1 is 1.38 bits per heavy atom. The summed E-state index contributed by atoms with van der Waals surface area (Å²) in [6.45, 7) is 8.91. The van der Waals surface area contributed by atoms with Gasteiger partial charge in [0, 0.05) is 24.5 Å². The highest BCUT2D eigenvalue weighted by atomic mass is 16.2. The van der Waals surface area contributed by atoms with Crippen molar-refractivity contribution in [1.82, 2.24) is 10.4 Å². The molecule has 2 aromatic rings. The fourth-order valence-electron chi connectivity index (χ4n) is 3.59. The lowest BCUT2D eigenvalue weighted by Gasteiger charge is -2.45. The summed E-state index contributed by atoms with van der Waals surface area (Å²) in [5.74, 6) is 0.166. The molecule has 5 nitrogen and oxygen atoms in total. The van der Waals surface area contributed by atoms with Crippen LogP contribution < -0.4 is 10.3 Å². The average Bonchev–Trinajstić information content (AvgIpc) is 2.61. The van der Waals surface area contributed by atoms with Crippen LogP contribution in [0.1, 0.15) is 60.3 Å². The predicted octanol–water partition coefficient (Wildman–Crippen LogP) is 3.88. The van der Waals surface area contributed by atoms with E-state index in [1.807, 2.05) is 0 Å². The largest absolute Gasteiger partial charge is 0.369 e. The minimum Gasteiger partial charge on any atom is -0.369 e. The van der Waals surface area contributed by atoms with Crippen molar-refractivity contribution in [3.63, 3.8) is 0 Å². The molecule has 0 fully saturated rings. The Bertz CT molecular complexity index is 843. The summed E-state index contributed by atoms with van der Waals surface area (Å²) in [6.07, 6.45) is 4.40. The molecule has 1 aliphatic rings. The van der Waals surface area contributed by atoms with Gasteiger partial charge >= 0.3 is 0 Å². The molecule has 1 aromatic heterocycles. The number of nitrogens with zero attached hydrogens (tertiary/aromatic N) is 3. The lowest BCUT2D eigenvalue weighted by molar-refractivity contribution is 0.0950. The summed E-state index contributed by atoms with van der Waals surface area (Å²) in [5, 5.41) is 4.12. The second kappa shape index (κ2) is 6.90. The maximum atomic E-state index is 12.0. The first-order valence-electron chi connectivity index (χ1n) is 8.92. The van der Waals surface area contributed by atoms with Crippen LogP contribution in [0, 0.1) is 6.92 Å². The summed E-state index contributed by atoms with van der Waals surface area (Å²) in [4.78, 5) is 18.4. The number of fused-ring (bicyclic) bond motifs is 1. The molecule has 0 aliphatic carbocycles. The van der Waals surface area contributed by atoms with Crippen LogP contribution in [0.15, 0.2) is 41.6 Å². The van der Waals surface area contributed by atoms with Gasteiger partial charge < -0.3 is 4.90 Å². The number of carbonyl (C=O) groups is 1. The van der Waals surface area contributed by atoms with E-state index in [1.165, 1.54) is 11.3 Å². The Kier molecular flexibility index (Phi) is 4.81. The van der Waals surface area contributed by atoms with Gasteiger partial charge in [0.2, 0.25) is 0 Å². The van der Waals surface area contributed by atoms with Crippen molar-refractivity contribution in [2.75, 3.05) is 11.9 Å². The van der Waals surface area contributed by atoms with Gasteiger partial charge in [0.15, 0.2) is 0 Å². The fraction of sp³-hybridized carbons (Fsp3) is 0.381. The van der Waals surface area contributed by atoms with Gasteiger partial charge in [-0.15, -0.1) is 0 Å². The van der Waals surface area contributed by atoms with Crippen LogP contribution in [0.25, 0.3) is 0 Å². The average molecular weight is 350 g/mol. The van der Waals surface area contributed by atoms with Crippen LogP contribution in [0.4, 0.5) is 5.69 Å². The van der Waals surface area contributed by atoms with Gasteiger partial charge in [-0.3, -0.25) is 9.78 Å². The maximum absolute atomic E-state index is 12.0. The summed E-state index contributed by atoms with van der Waals surface area (Å²) in [5.41, 5.74) is 7.80. The zero-order chi connectivity index (χ0) is 18.9. The van der Waals surface area contributed by atoms with Gasteiger partial charge in [0.25, 0.3) is 5.91 Å². The molecule has 0 saturated heterocycles. The number of hydrazone groups is 1. The van der Waals surface area contributed by atoms with Gasteiger partial charge in [-0.25, -0.2) is 5.43 Å². The Morgan fingerprint density at radius 3 is 2.85 bits per heavy atom. The second-order valence-electron chi connectivity index (χ2n) is 7.66. The third kappa shape index (κ3) is 3.47. The number of amides is 1. The number of hydrogen-bond acceptors (Lipinski definition) is 4. The van der Waals surface area contributed by atoms with Crippen LogP contribution in [0.5, 0.6) is 0 Å². The highest BCUT2D eigenvalue weighted by molar-refractivity contribution is 5.93. The van der Waals surface area contributed by atoms with Gasteiger partial charge in [-0.1, -0.05) is 13.0 Å². The van der Waals surface area contributed by atoms with E-state index in [0.29, 0.717) is 11.6 Å². The number of aryl methyl sites for hydroxylation is 1. The Labute approximate surface area is 155 Å². The monoisotopic (exact) mass is 350 g/mol. The highest BCUT2D eigenvalue weighted by Gasteiger charge is 2.34. The van der Waals surface area contributed by atoms with Gasteiger partial charge in [-0.2, -0.15) is 5.10 Å². The Balaban J connectivity index is 1.82. The van der Waals surface area contributed by atoms with Crippen LogP contribution in [0.3, 0.4) is 0 Å². The van der Waals surface area contributed by atoms with Crippen molar-refractivity contribution in [1.29, 1.82) is 0 Å². The predicted molar refractivity (Wildman–Crippen MR) is 106 cm³/mol. The van der Waals surface area contributed by atoms with E-state index in [-0.39, 0.29) is 11.4 Å². The van der Waals surface area contributed by atoms with E-state index in [0.717, 1.165) is 17.5 Å². The quantitative estimate of drug-likeness (QED) is 0.675. The van der Waals surface area contributed by atoms with Gasteiger partial charge in [0.05, 0.1) is 6.21 Å². The molecule has 1 aliphatic heterocycles. The Morgan fingerprint density at radius 2 is 2.15 bits per heavy atom. The fourth-order valence-corrected chi connectivity index (χ4v) is 3.59. The zero-order valence-electron chi connectivity index (χ0n) is 16.1. The van der Waals surface area contributed by atoms with Crippen molar-refractivity contribution in [3.05, 3.63) is 58.9 Å². The molecule has 0 radical (unpaired) electrons. The number of carbonyl (C=O) groups excluding carboxylic acids is 1. The highest BCUT2D eigenvalue weighted by Crippen LogP contribution is 2.43. The number of pyridine rings is 1. The molecule has 0 spiro atoms. The molecule has 26 heavy (non-hydrogen) atoms. The van der Waals surface area contributed by atoms with E-state index in [1.54, 1.807) is 30.6 Å². The number of rotatable bonds is 3. The summed E-state index contributed by atoms with van der Waals surface area (Å²) in [7, 11) is 2.16. The van der Waals surface area contributed by atoms with Gasteiger partial charge in [0.1, 0.15) is 5.69 Å². The standard InChI is InChI=1S/C21H26N4O/c1-14-10-19-17(15(2)12-21(3,4)25(19)5)11-16(14)13-23-24-20(26)18-8-6-7-9-22-18/h6-11,13,15H,12H2,1-5H3,(H,24,26)/b23-13-. The number of hydrogen-bond donors (Lipinski definition) is 1. The van der Waals surface area contributed by atoms with Gasteiger partial charge in [-0.05, 0) is 74.1 Å². The van der Waals surface area contributed by atoms with Crippen molar-refractivity contribution in [2.24, 2.45) is 5.10 Å². The van der Waals surface area contributed by atoms with E-state index in [4.69, 9.17) is 0 Å². The minimum absolute atomic E-state index is 0.144. The second-order valence-corrected chi connectivity index (χ2v) is 7.66. The maximum Gasteiger partial charge on any atom is 0.289 e. The SMILES string of the molecule is Cc1cc2c(cc1/C=N\NC(=O)c1ccccn1)C(C)CC(C)(C)N2C. The summed E-state index contributed by atoms with van der Waals surface area (Å²) < 4.78 is 0. The molecule has 2 heterocycles. The molecule has 1 unspecified atom stereocenters. The zero-order valence-corrected chi connectivity index (χ0v) is 16.1. The first-order valence-corrected chi connectivity index (χ1v) is 8.92. The third-order valence-corrected chi connectivity index (χ3v) is 5.29. The van der Waals surface area contributed by atoms with Crippen molar-refractivity contribution in [2.45, 2.75) is 45.6 Å². The molecule has 1 aromatic carbocycles. The minimum atomic E-state index is -0.313. The first-order chi connectivity index (χ1) is 12.3. The Hall–Kier alpha value is -2.69. The van der Waals surface area contributed by atoms with Crippen molar-refractivity contribution >= 4 is 17.8 Å². The molecule has 5 heteroatoms. The molecule has 1 N–H and O–H groups in total. The number of anilines is 1. The van der Waals surface area contributed by atoms with E-state index in [2.05, 4.69) is 67.3 Å². The van der Waals surface area contributed by atoms with Crippen molar-refractivity contribution in [3.8, 4) is 0 Å². The van der Waals surface area contributed by atoms with E-state index < -0.39 is 0 Å². The molecule has 3 rings (SSSR count). The lowest BCUT2D eigenvalue weighted by Crippen LogP contribution is -2.45. The molecule has 1 atom stereocenters. The first kappa shape index (κ1) is 18.1. The van der Waals surface area contributed by atoms with E-state index in [9.17, 15) is 4.79 Å². The van der Waals surface area contributed by atoms with Crippen LogP contribution >= 0.6 is 0 Å². The third-order valence-electron chi connectivity index (χ3n) is 5.29. The normalized spacial score (nSPS) is 18.7. The number of benzene rings is 1. The van der Waals surface area contributed by atoms with Crippen LogP contribution in [0.2, 0.25) is 0 Å². The number of nitrogens with one attached hydrogen (secondary N) is 1. The summed E-state index contributed by atoms with van der Waals surface area (Å²) in [6, 6.07) is 9.62. The molecular formula is C21H26N4O. The lowest BCUT2D eigenvalue weighted by atomic mass is 9.79.